The van der Waals surface area contributed by atoms with Crippen LogP contribution in [0, 0.1) is 11.3 Å². The largest absolute Gasteiger partial charge is 1.00 e. The van der Waals surface area contributed by atoms with Gasteiger partial charge in [0.1, 0.15) is 36.2 Å². The van der Waals surface area contributed by atoms with Gasteiger partial charge in [0.25, 0.3) is 15.6 Å². The molecule has 2 unspecified atom stereocenters. The molecule has 2 aromatic heterocycles. The second-order valence-electron chi connectivity index (χ2n) is 6.40. The van der Waals surface area contributed by atoms with Crippen LogP contribution in [-0.2, 0) is 37.2 Å². The Kier molecular flexibility index (Phi) is 17.4. The van der Waals surface area contributed by atoms with Crippen molar-refractivity contribution in [3.8, 4) is 6.07 Å². The van der Waals surface area contributed by atoms with Crippen molar-refractivity contribution in [2.75, 3.05) is 12.3 Å². The SMILES string of the molecule is N#C[C@@]1(c2ccc3c(N)ncnn23)O[C@H](COP(=O)([O-])OP(=O)([O-])OP(=O)([O-])[O-])[C@@H](O)[C@H]1O.[Na+].[Na+].[Na+].[Na+]. The minimum Gasteiger partial charge on any atom is -0.790 e. The van der Waals surface area contributed by atoms with Gasteiger partial charge in [0.15, 0.2) is 5.82 Å². The number of phosphoric ester groups is 1. The Hall–Kier alpha value is 2.20. The number of rotatable bonds is 8. The number of hydrogen-bond donors (Lipinski definition) is 3. The Morgan fingerprint density at radius 2 is 1.70 bits per heavy atom. The molecule has 0 spiro atoms. The minimum absolute atomic E-state index is 0. The first-order valence-corrected chi connectivity index (χ1v) is 12.7. The van der Waals surface area contributed by atoms with E-state index in [0.29, 0.717) is 0 Å². The van der Waals surface area contributed by atoms with E-state index >= 15 is 0 Å². The van der Waals surface area contributed by atoms with Gasteiger partial charge in [-0.05, 0) is 12.1 Å². The maximum atomic E-state index is 11.7. The summed E-state index contributed by atoms with van der Waals surface area (Å²) in [6.07, 6.45) is -4.66. The molecule has 0 saturated carbocycles. The third-order valence-electron chi connectivity index (χ3n) is 4.28. The van der Waals surface area contributed by atoms with E-state index in [1.165, 1.54) is 12.1 Å². The summed E-state index contributed by atoms with van der Waals surface area (Å²) in [6.45, 7) is -1.21. The smallest absolute Gasteiger partial charge is 0.790 e. The normalized spacial score (nSPS) is 26.2. The van der Waals surface area contributed by atoms with Crippen molar-refractivity contribution in [1.82, 2.24) is 14.6 Å². The van der Waals surface area contributed by atoms with Crippen molar-refractivity contribution in [3.05, 3.63) is 24.2 Å². The number of fused-ring (bicyclic) bond motifs is 1. The molecule has 1 saturated heterocycles. The van der Waals surface area contributed by atoms with Crippen LogP contribution in [-0.4, -0.2) is 49.7 Å². The molecule has 0 amide bonds. The van der Waals surface area contributed by atoms with Crippen LogP contribution in [0.3, 0.4) is 0 Å². The number of hydrogen-bond acceptors (Lipinski definition) is 17. The van der Waals surface area contributed by atoms with Crippen LogP contribution in [0.1, 0.15) is 5.69 Å². The number of ether oxygens (including phenoxy) is 1. The molecule has 0 aromatic carbocycles. The molecule has 1 aliphatic heterocycles. The Morgan fingerprint density at radius 3 is 2.24 bits per heavy atom. The van der Waals surface area contributed by atoms with E-state index in [2.05, 4.69) is 23.2 Å². The summed E-state index contributed by atoms with van der Waals surface area (Å²) in [6, 6.07) is 4.32. The Balaban J connectivity index is 0. The third-order valence-corrected chi connectivity index (χ3v) is 7.95. The number of aliphatic hydroxyl groups is 2. The molecular formula is C12H12N5Na4O13P3. The number of aromatic nitrogens is 3. The van der Waals surface area contributed by atoms with Crippen LogP contribution in [0.2, 0.25) is 0 Å². The third kappa shape index (κ3) is 9.87. The average molecular weight is 619 g/mol. The summed E-state index contributed by atoms with van der Waals surface area (Å²) in [4.78, 5) is 47.3. The van der Waals surface area contributed by atoms with Crippen molar-refractivity contribution in [2.45, 2.75) is 23.9 Å². The number of nitrogens with two attached hydrogens (primary N) is 1. The van der Waals surface area contributed by atoms with E-state index in [9.17, 15) is 48.7 Å². The Labute approximate surface area is 296 Å². The van der Waals surface area contributed by atoms with Crippen LogP contribution < -0.4 is 144 Å². The fourth-order valence-electron chi connectivity index (χ4n) is 3.00. The molecule has 25 heteroatoms. The monoisotopic (exact) mass is 619 g/mol. The summed E-state index contributed by atoms with van der Waals surface area (Å²) in [5, 5.41) is 34.4. The fraction of sp³-hybridized carbons (Fsp3) is 0.417. The van der Waals surface area contributed by atoms with Crippen LogP contribution in [0.4, 0.5) is 5.82 Å². The number of aliphatic hydroxyl groups excluding tert-OH is 2. The van der Waals surface area contributed by atoms with E-state index in [1.807, 2.05) is 0 Å². The number of nitrogens with zero attached hydrogens (tertiary/aromatic N) is 4. The Morgan fingerprint density at radius 1 is 1.11 bits per heavy atom. The molecule has 2 aromatic rings. The zero-order valence-corrected chi connectivity index (χ0v) is 30.4. The molecule has 0 radical (unpaired) electrons. The number of phosphoric acid groups is 3. The van der Waals surface area contributed by atoms with Crippen LogP contribution in [0.25, 0.3) is 5.52 Å². The van der Waals surface area contributed by atoms with E-state index < -0.39 is 54.0 Å². The van der Waals surface area contributed by atoms with Crippen LogP contribution in [0.15, 0.2) is 18.5 Å². The minimum atomic E-state index is -6.20. The summed E-state index contributed by atoms with van der Waals surface area (Å²) < 4.78 is 50.3. The van der Waals surface area contributed by atoms with Gasteiger partial charge in [-0.25, -0.2) is 13.8 Å². The summed E-state index contributed by atoms with van der Waals surface area (Å²) in [7, 11) is -18.3. The van der Waals surface area contributed by atoms with Crippen molar-refractivity contribution in [2.24, 2.45) is 0 Å². The molecule has 182 valence electrons. The Bertz CT molecular complexity index is 1260. The van der Waals surface area contributed by atoms with E-state index in [4.69, 9.17) is 10.5 Å². The molecule has 0 bridgehead atoms. The van der Waals surface area contributed by atoms with Crippen molar-refractivity contribution < 1.29 is 180 Å². The first-order valence-electron chi connectivity index (χ1n) is 8.36. The fourth-order valence-corrected chi connectivity index (χ4v) is 5.86. The van der Waals surface area contributed by atoms with Crippen molar-refractivity contribution in [1.29, 1.82) is 5.26 Å². The standard InChI is InChI=1S/C12H16N5O13P3.4Na/c13-4-12(8-2-1-6-11(14)15-5-16-17(6)8)10(19)9(18)7(28-12)3-27-32(23,24)30-33(25,26)29-31(20,21)22;;;;/h1-2,5,7,9-10,18-19H,3H2,(H,23,24)(H,25,26)(H2,14,15,16)(H2,20,21,22);;;;/q;4*+1/p-4/t7-,9-,10-,12+;;;;/m1..../s1. The van der Waals surface area contributed by atoms with Gasteiger partial charge in [-0.3, -0.25) is 13.4 Å². The zero-order chi connectivity index (χ0) is 24.8. The molecule has 3 rings (SSSR count). The van der Waals surface area contributed by atoms with Gasteiger partial charge in [-0.1, -0.05) is 0 Å². The molecular weight excluding hydrogens is 607 g/mol. The predicted octanol–water partition coefficient (Wildman–Crippen LogP) is -16.0. The van der Waals surface area contributed by atoms with Gasteiger partial charge >= 0.3 is 118 Å². The first kappa shape index (κ1) is 41.3. The van der Waals surface area contributed by atoms with E-state index in [0.717, 1.165) is 10.8 Å². The van der Waals surface area contributed by atoms with Gasteiger partial charge in [-0.2, -0.15) is 10.4 Å². The van der Waals surface area contributed by atoms with Gasteiger partial charge in [0.2, 0.25) is 5.60 Å². The molecule has 1 aliphatic rings. The van der Waals surface area contributed by atoms with Crippen LogP contribution in [0.5, 0.6) is 0 Å². The van der Waals surface area contributed by atoms with Gasteiger partial charge in [-0.15, -0.1) is 0 Å². The molecule has 18 nitrogen and oxygen atoms in total. The second-order valence-corrected chi connectivity index (χ2v) is 10.6. The number of anilines is 1. The quantitative estimate of drug-likeness (QED) is 0.182. The maximum Gasteiger partial charge on any atom is 1.00 e. The van der Waals surface area contributed by atoms with E-state index in [-0.39, 0.29) is 135 Å². The molecule has 1 fully saturated rings. The number of nitriles is 1. The predicted molar refractivity (Wildman–Crippen MR) is 92.5 cm³/mol. The average Bonchev–Trinajstić information content (AvgIpc) is 3.20. The molecule has 3 heterocycles. The summed E-state index contributed by atoms with van der Waals surface area (Å²) >= 11 is 0. The zero-order valence-electron chi connectivity index (χ0n) is 19.8. The molecule has 0 aliphatic carbocycles. The molecule has 6 atom stereocenters. The van der Waals surface area contributed by atoms with Gasteiger partial charge in [0, 0.05) is 0 Å². The van der Waals surface area contributed by atoms with Crippen LogP contribution >= 0.6 is 23.5 Å². The number of nitrogen functional groups attached to an aromatic ring is 1. The molecule has 4 N–H and O–H groups in total. The second kappa shape index (κ2) is 15.6. The van der Waals surface area contributed by atoms with Crippen molar-refractivity contribution >= 4 is 34.8 Å². The summed E-state index contributed by atoms with van der Waals surface area (Å²) in [5.41, 5.74) is 3.48. The maximum absolute atomic E-state index is 11.7. The van der Waals surface area contributed by atoms with Gasteiger partial charge in [0.05, 0.1) is 20.1 Å². The van der Waals surface area contributed by atoms with E-state index in [1.54, 1.807) is 6.07 Å². The van der Waals surface area contributed by atoms with Gasteiger partial charge < -0.3 is 49.3 Å². The first-order chi connectivity index (χ1) is 15.1. The summed E-state index contributed by atoms with van der Waals surface area (Å²) in [5.74, 6) is 0.00617. The van der Waals surface area contributed by atoms with Crippen molar-refractivity contribution in [3.63, 3.8) is 0 Å². The topological polar surface area (TPSA) is 301 Å². The molecule has 37 heavy (non-hydrogen) atoms.